The quantitative estimate of drug-likeness (QED) is 0.704. The van der Waals surface area contributed by atoms with Crippen molar-refractivity contribution in [3.63, 3.8) is 0 Å². The highest BCUT2D eigenvalue weighted by molar-refractivity contribution is 5.42. The van der Waals surface area contributed by atoms with E-state index in [1.54, 1.807) is 6.92 Å². The fraction of sp³-hybridized carbons (Fsp3) is 0.500. The third kappa shape index (κ3) is 3.53. The number of nitrogens with one attached hydrogen (secondary N) is 1. The Morgan fingerprint density at radius 2 is 1.80 bits per heavy atom. The number of aryl methyl sites for hydroxylation is 2. The van der Waals surface area contributed by atoms with Crippen molar-refractivity contribution < 1.29 is 10.2 Å². The lowest BCUT2D eigenvalue weighted by atomic mass is 10.1. The Morgan fingerprint density at radius 1 is 1.27 bits per heavy atom. The fourth-order valence-electron chi connectivity index (χ4n) is 1.57. The Kier molecular flexibility index (Phi) is 4.12. The summed E-state index contributed by atoms with van der Waals surface area (Å²) in [6, 6.07) is 3.91. The first-order valence-corrected chi connectivity index (χ1v) is 5.18. The van der Waals surface area contributed by atoms with Gasteiger partial charge in [-0.2, -0.15) is 0 Å². The first-order valence-electron chi connectivity index (χ1n) is 5.18. The van der Waals surface area contributed by atoms with Crippen LogP contribution in [0.2, 0.25) is 0 Å². The van der Waals surface area contributed by atoms with Gasteiger partial charge in [0.1, 0.15) is 5.75 Å². The van der Waals surface area contributed by atoms with Gasteiger partial charge in [-0.25, -0.2) is 0 Å². The second kappa shape index (κ2) is 5.14. The van der Waals surface area contributed by atoms with Crippen molar-refractivity contribution in [2.75, 3.05) is 6.54 Å². The molecule has 1 rings (SSSR count). The van der Waals surface area contributed by atoms with Crippen LogP contribution < -0.4 is 5.32 Å². The zero-order chi connectivity index (χ0) is 11.4. The van der Waals surface area contributed by atoms with Gasteiger partial charge in [0.05, 0.1) is 6.10 Å². The number of rotatable bonds is 4. The third-order valence-electron chi connectivity index (χ3n) is 2.32. The summed E-state index contributed by atoms with van der Waals surface area (Å²) >= 11 is 0. The van der Waals surface area contributed by atoms with Crippen LogP contribution in [-0.2, 0) is 6.54 Å². The standard InChI is InChI=1S/C12H19NO2/c1-8-4-11(5-9(2)12(8)15)7-13-6-10(3)14/h4-5,10,13-15H,6-7H2,1-3H3. The van der Waals surface area contributed by atoms with Crippen molar-refractivity contribution in [2.24, 2.45) is 0 Å². The van der Waals surface area contributed by atoms with E-state index >= 15 is 0 Å². The van der Waals surface area contributed by atoms with Gasteiger partial charge < -0.3 is 15.5 Å². The predicted molar refractivity (Wildman–Crippen MR) is 61.0 cm³/mol. The molecule has 0 fully saturated rings. The minimum atomic E-state index is -0.329. The summed E-state index contributed by atoms with van der Waals surface area (Å²) in [6.45, 7) is 6.83. The zero-order valence-electron chi connectivity index (χ0n) is 9.54. The van der Waals surface area contributed by atoms with Gasteiger partial charge in [-0.15, -0.1) is 0 Å². The average molecular weight is 209 g/mol. The minimum absolute atomic E-state index is 0.329. The number of phenolic OH excluding ortho intramolecular Hbond substituents is 1. The van der Waals surface area contributed by atoms with Crippen LogP contribution >= 0.6 is 0 Å². The van der Waals surface area contributed by atoms with E-state index in [1.807, 2.05) is 26.0 Å². The van der Waals surface area contributed by atoms with E-state index in [9.17, 15) is 5.11 Å². The molecule has 15 heavy (non-hydrogen) atoms. The molecule has 1 atom stereocenters. The molecule has 0 spiro atoms. The molecule has 0 aliphatic rings. The number of phenols is 1. The van der Waals surface area contributed by atoms with Gasteiger partial charge in [0.2, 0.25) is 0 Å². The van der Waals surface area contributed by atoms with Gasteiger partial charge in [-0.05, 0) is 37.5 Å². The number of aliphatic hydroxyl groups excluding tert-OH is 1. The topological polar surface area (TPSA) is 52.5 Å². The maximum Gasteiger partial charge on any atom is 0.121 e. The van der Waals surface area contributed by atoms with E-state index < -0.39 is 0 Å². The molecule has 3 heteroatoms. The Labute approximate surface area is 90.8 Å². The second-order valence-corrected chi connectivity index (χ2v) is 4.06. The van der Waals surface area contributed by atoms with E-state index in [0.29, 0.717) is 18.8 Å². The fourth-order valence-corrected chi connectivity index (χ4v) is 1.57. The van der Waals surface area contributed by atoms with Crippen molar-refractivity contribution in [3.8, 4) is 5.75 Å². The summed E-state index contributed by atoms with van der Waals surface area (Å²) in [7, 11) is 0. The van der Waals surface area contributed by atoms with Crippen molar-refractivity contribution in [3.05, 3.63) is 28.8 Å². The highest BCUT2D eigenvalue weighted by Crippen LogP contribution is 2.22. The molecule has 0 heterocycles. The molecule has 1 aromatic carbocycles. The Morgan fingerprint density at radius 3 is 2.27 bits per heavy atom. The molecule has 0 saturated heterocycles. The highest BCUT2D eigenvalue weighted by atomic mass is 16.3. The van der Waals surface area contributed by atoms with E-state index in [0.717, 1.165) is 16.7 Å². The van der Waals surface area contributed by atoms with E-state index in [4.69, 9.17) is 5.11 Å². The molecule has 0 radical (unpaired) electrons. The zero-order valence-corrected chi connectivity index (χ0v) is 9.54. The summed E-state index contributed by atoms with van der Waals surface area (Å²) in [4.78, 5) is 0. The molecule has 0 aromatic heterocycles. The lowest BCUT2D eigenvalue weighted by Crippen LogP contribution is -2.23. The SMILES string of the molecule is Cc1cc(CNCC(C)O)cc(C)c1O. The van der Waals surface area contributed by atoms with E-state index in [1.165, 1.54) is 0 Å². The maximum absolute atomic E-state index is 9.58. The van der Waals surface area contributed by atoms with E-state index in [2.05, 4.69) is 5.32 Å². The Hall–Kier alpha value is -1.06. The second-order valence-electron chi connectivity index (χ2n) is 4.06. The molecule has 0 aliphatic heterocycles. The van der Waals surface area contributed by atoms with Gasteiger partial charge in [-0.3, -0.25) is 0 Å². The van der Waals surface area contributed by atoms with Crippen molar-refractivity contribution in [1.82, 2.24) is 5.32 Å². The van der Waals surface area contributed by atoms with Crippen molar-refractivity contribution >= 4 is 0 Å². The predicted octanol–water partition coefficient (Wildman–Crippen LogP) is 1.48. The van der Waals surface area contributed by atoms with Crippen LogP contribution in [0, 0.1) is 13.8 Å². The third-order valence-corrected chi connectivity index (χ3v) is 2.32. The molecule has 3 nitrogen and oxygen atoms in total. The average Bonchev–Trinajstić information content (AvgIpc) is 2.13. The number of aromatic hydroxyl groups is 1. The number of aliphatic hydroxyl groups is 1. The molecular weight excluding hydrogens is 190 g/mol. The van der Waals surface area contributed by atoms with Crippen LogP contribution in [0.1, 0.15) is 23.6 Å². The van der Waals surface area contributed by atoms with Crippen LogP contribution in [0.5, 0.6) is 5.75 Å². The number of hydrogen-bond donors (Lipinski definition) is 3. The van der Waals surface area contributed by atoms with Crippen LogP contribution in [0.3, 0.4) is 0 Å². The minimum Gasteiger partial charge on any atom is -0.507 e. The first-order chi connectivity index (χ1) is 7.00. The molecule has 3 N–H and O–H groups in total. The Balaban J connectivity index is 2.63. The number of benzene rings is 1. The van der Waals surface area contributed by atoms with Gasteiger partial charge in [0.15, 0.2) is 0 Å². The maximum atomic E-state index is 9.58. The van der Waals surface area contributed by atoms with Crippen LogP contribution in [0.15, 0.2) is 12.1 Å². The molecule has 0 amide bonds. The molecule has 0 aliphatic carbocycles. The molecule has 84 valence electrons. The normalized spacial score (nSPS) is 12.8. The van der Waals surface area contributed by atoms with Gasteiger partial charge in [0, 0.05) is 13.1 Å². The summed E-state index contributed by atoms with van der Waals surface area (Å²) < 4.78 is 0. The van der Waals surface area contributed by atoms with Gasteiger partial charge in [-0.1, -0.05) is 12.1 Å². The van der Waals surface area contributed by atoms with Crippen LogP contribution in [-0.4, -0.2) is 22.9 Å². The van der Waals surface area contributed by atoms with Crippen LogP contribution in [0.4, 0.5) is 0 Å². The number of hydrogen-bond acceptors (Lipinski definition) is 3. The monoisotopic (exact) mass is 209 g/mol. The molecule has 0 saturated carbocycles. The van der Waals surface area contributed by atoms with Gasteiger partial charge in [0.25, 0.3) is 0 Å². The van der Waals surface area contributed by atoms with Gasteiger partial charge >= 0.3 is 0 Å². The smallest absolute Gasteiger partial charge is 0.121 e. The Bertz CT molecular complexity index is 311. The van der Waals surface area contributed by atoms with Crippen molar-refractivity contribution in [1.29, 1.82) is 0 Å². The largest absolute Gasteiger partial charge is 0.507 e. The molecule has 1 aromatic rings. The summed E-state index contributed by atoms with van der Waals surface area (Å²) in [5.74, 6) is 0.370. The van der Waals surface area contributed by atoms with Crippen molar-refractivity contribution in [2.45, 2.75) is 33.4 Å². The first kappa shape index (κ1) is 12.0. The lowest BCUT2D eigenvalue weighted by molar-refractivity contribution is 0.191. The molecular formula is C12H19NO2. The summed E-state index contributed by atoms with van der Waals surface area (Å²) in [6.07, 6.45) is -0.329. The molecule has 1 unspecified atom stereocenters. The van der Waals surface area contributed by atoms with Crippen LogP contribution in [0.25, 0.3) is 0 Å². The summed E-state index contributed by atoms with van der Waals surface area (Å²) in [5.41, 5.74) is 2.91. The highest BCUT2D eigenvalue weighted by Gasteiger charge is 2.03. The summed E-state index contributed by atoms with van der Waals surface area (Å²) in [5, 5.41) is 21.8. The molecule has 0 bridgehead atoms. The van der Waals surface area contributed by atoms with E-state index in [-0.39, 0.29) is 6.10 Å². The lowest BCUT2D eigenvalue weighted by Gasteiger charge is -2.10.